The summed E-state index contributed by atoms with van der Waals surface area (Å²) in [6.07, 6.45) is 2.78. The van der Waals surface area contributed by atoms with E-state index in [1.165, 1.54) is 0 Å². The SMILES string of the molecule is O=C1/C(=C/c2ccc(OCc3ccccc3)cc2)SC(=S)N1/N=C\c1cc([N+](=O)[O-])ccc1[O-]. The molecule has 1 aliphatic rings. The summed E-state index contributed by atoms with van der Waals surface area (Å²) >= 11 is 6.31. The highest BCUT2D eigenvalue weighted by Gasteiger charge is 2.32. The van der Waals surface area contributed by atoms with Crippen LogP contribution in [0.15, 0.2) is 82.8 Å². The molecule has 0 saturated carbocycles. The smallest absolute Gasteiger partial charge is 0.286 e. The molecule has 0 N–H and O–H groups in total. The molecule has 0 aromatic heterocycles. The molecule has 0 spiro atoms. The first-order valence-corrected chi connectivity index (χ1v) is 11.2. The Morgan fingerprint density at radius 1 is 1.09 bits per heavy atom. The molecule has 0 bridgehead atoms. The summed E-state index contributed by atoms with van der Waals surface area (Å²) in [5.41, 5.74) is 1.57. The molecule has 0 radical (unpaired) electrons. The van der Waals surface area contributed by atoms with Crippen LogP contribution in [0.3, 0.4) is 0 Å². The highest BCUT2D eigenvalue weighted by atomic mass is 32.2. The van der Waals surface area contributed by atoms with Crippen molar-refractivity contribution in [2.45, 2.75) is 6.61 Å². The molecule has 4 rings (SSSR count). The van der Waals surface area contributed by atoms with Gasteiger partial charge in [0.2, 0.25) is 0 Å². The molecule has 1 saturated heterocycles. The van der Waals surface area contributed by atoms with Crippen LogP contribution in [0.4, 0.5) is 5.69 Å². The second kappa shape index (κ2) is 10.3. The third-order valence-electron chi connectivity index (χ3n) is 4.72. The Kier molecular flexibility index (Phi) is 7.00. The van der Waals surface area contributed by atoms with E-state index in [1.807, 2.05) is 54.6 Å². The molecule has 34 heavy (non-hydrogen) atoms. The van der Waals surface area contributed by atoms with E-state index in [4.69, 9.17) is 17.0 Å². The number of nitro groups is 1. The maximum Gasteiger partial charge on any atom is 0.286 e. The van der Waals surface area contributed by atoms with Gasteiger partial charge in [0, 0.05) is 12.1 Å². The summed E-state index contributed by atoms with van der Waals surface area (Å²) in [5, 5.41) is 27.8. The van der Waals surface area contributed by atoms with Crippen LogP contribution in [0.25, 0.3) is 6.08 Å². The van der Waals surface area contributed by atoms with Gasteiger partial charge in [0.25, 0.3) is 11.6 Å². The quantitative estimate of drug-likeness (QED) is 0.158. The van der Waals surface area contributed by atoms with Gasteiger partial charge in [-0.1, -0.05) is 66.0 Å². The van der Waals surface area contributed by atoms with Crippen molar-refractivity contribution in [2.24, 2.45) is 5.10 Å². The number of thiocarbonyl (C=S) groups is 1. The molecule has 1 heterocycles. The van der Waals surface area contributed by atoms with E-state index in [2.05, 4.69) is 5.10 Å². The Hall–Kier alpha value is -4.02. The number of non-ortho nitro benzene ring substituents is 1. The van der Waals surface area contributed by atoms with E-state index >= 15 is 0 Å². The number of ether oxygens (including phenoxy) is 1. The minimum Gasteiger partial charge on any atom is -0.872 e. The second-order valence-electron chi connectivity index (χ2n) is 7.06. The fourth-order valence-corrected chi connectivity index (χ4v) is 4.15. The largest absolute Gasteiger partial charge is 0.872 e. The zero-order chi connectivity index (χ0) is 24.1. The van der Waals surface area contributed by atoms with E-state index in [9.17, 15) is 20.0 Å². The number of hydrogen-bond acceptors (Lipinski definition) is 8. The molecule has 1 amide bonds. The molecule has 3 aromatic rings. The van der Waals surface area contributed by atoms with Crippen molar-refractivity contribution in [3.8, 4) is 11.5 Å². The van der Waals surface area contributed by atoms with Gasteiger partial charge >= 0.3 is 0 Å². The van der Waals surface area contributed by atoms with Crippen molar-refractivity contribution < 1.29 is 19.6 Å². The Labute approximate surface area is 204 Å². The van der Waals surface area contributed by atoms with Crippen LogP contribution >= 0.6 is 24.0 Å². The van der Waals surface area contributed by atoms with Gasteiger partial charge in [0.05, 0.1) is 16.0 Å². The lowest BCUT2D eigenvalue weighted by molar-refractivity contribution is -0.385. The summed E-state index contributed by atoms with van der Waals surface area (Å²) in [7, 11) is 0. The van der Waals surface area contributed by atoms with Crippen molar-refractivity contribution in [3.63, 3.8) is 0 Å². The average Bonchev–Trinajstić information content (AvgIpc) is 3.10. The fourth-order valence-electron chi connectivity index (χ4n) is 2.98. The maximum absolute atomic E-state index is 12.8. The number of carbonyl (C=O) groups is 1. The van der Waals surface area contributed by atoms with Crippen LogP contribution < -0.4 is 9.84 Å². The van der Waals surface area contributed by atoms with E-state index in [-0.39, 0.29) is 15.6 Å². The van der Waals surface area contributed by atoms with Gasteiger partial charge in [-0.25, -0.2) is 0 Å². The number of amides is 1. The molecular weight excluding hydrogens is 474 g/mol. The number of rotatable bonds is 7. The Balaban J connectivity index is 1.44. The summed E-state index contributed by atoms with van der Waals surface area (Å²) < 4.78 is 5.96. The van der Waals surface area contributed by atoms with Crippen LogP contribution in [0.5, 0.6) is 11.5 Å². The Bertz CT molecular complexity index is 1310. The highest BCUT2D eigenvalue weighted by molar-refractivity contribution is 8.26. The first-order chi connectivity index (χ1) is 16.4. The van der Waals surface area contributed by atoms with E-state index < -0.39 is 16.6 Å². The number of nitrogens with zero attached hydrogens (tertiary/aromatic N) is 3. The second-order valence-corrected chi connectivity index (χ2v) is 8.74. The van der Waals surface area contributed by atoms with Gasteiger partial charge < -0.3 is 9.84 Å². The van der Waals surface area contributed by atoms with E-state index in [1.54, 1.807) is 6.08 Å². The third-order valence-corrected chi connectivity index (χ3v) is 6.00. The molecule has 1 fully saturated rings. The fraction of sp³-hybridized carbons (Fsp3) is 0.0417. The standard InChI is InChI=1S/C24H17N3O5S2/c28-21-11-8-19(27(30)31)13-18(21)14-25-26-23(29)22(34-24(26)33)12-16-6-9-20(10-7-16)32-15-17-4-2-1-3-5-17/h1-14,28H,15H2/p-1/b22-12-,25-14-. The number of benzene rings is 3. The van der Waals surface area contributed by atoms with Gasteiger partial charge in [0.15, 0.2) is 4.32 Å². The minimum absolute atomic E-state index is 0.0154. The summed E-state index contributed by atoms with van der Waals surface area (Å²) in [6, 6.07) is 20.4. The number of carbonyl (C=O) groups excluding carboxylic acids is 1. The minimum atomic E-state index is -0.614. The highest BCUT2D eigenvalue weighted by Crippen LogP contribution is 2.33. The predicted octanol–water partition coefficient (Wildman–Crippen LogP) is 4.48. The van der Waals surface area contributed by atoms with Crippen LogP contribution in [-0.4, -0.2) is 26.4 Å². The number of nitro benzene ring substituents is 1. The van der Waals surface area contributed by atoms with Crippen LogP contribution in [-0.2, 0) is 11.4 Å². The van der Waals surface area contributed by atoms with Crippen molar-refractivity contribution >= 4 is 52.2 Å². The first-order valence-electron chi connectivity index (χ1n) is 9.95. The zero-order valence-corrected chi connectivity index (χ0v) is 19.1. The normalized spacial score (nSPS) is 14.8. The van der Waals surface area contributed by atoms with Crippen molar-refractivity contribution in [3.05, 3.63) is 105 Å². The molecule has 10 heteroatoms. The molecular formula is C24H16N3O5S2-. The lowest BCUT2D eigenvalue weighted by Crippen LogP contribution is -2.22. The molecule has 0 unspecified atom stereocenters. The third kappa shape index (κ3) is 5.48. The molecule has 1 aliphatic heterocycles. The van der Waals surface area contributed by atoms with Gasteiger partial charge in [0.1, 0.15) is 12.4 Å². The molecule has 0 atom stereocenters. The summed E-state index contributed by atoms with van der Waals surface area (Å²) in [5.74, 6) is -0.207. The summed E-state index contributed by atoms with van der Waals surface area (Å²) in [6.45, 7) is 0.451. The van der Waals surface area contributed by atoms with Gasteiger partial charge in [-0.05, 0) is 47.1 Å². The predicted molar refractivity (Wildman–Crippen MR) is 132 cm³/mol. The first kappa shape index (κ1) is 23.1. The van der Waals surface area contributed by atoms with Crippen molar-refractivity contribution in [1.82, 2.24) is 5.01 Å². The van der Waals surface area contributed by atoms with Crippen LogP contribution in [0, 0.1) is 10.1 Å². The molecule has 170 valence electrons. The van der Waals surface area contributed by atoms with Crippen molar-refractivity contribution in [2.75, 3.05) is 0 Å². The average molecular weight is 491 g/mol. The van der Waals surface area contributed by atoms with Crippen LogP contribution in [0.1, 0.15) is 16.7 Å². The Morgan fingerprint density at radius 3 is 2.53 bits per heavy atom. The lowest BCUT2D eigenvalue weighted by atomic mass is 10.2. The molecule has 8 nitrogen and oxygen atoms in total. The van der Waals surface area contributed by atoms with Gasteiger partial charge in [-0.3, -0.25) is 14.9 Å². The monoisotopic (exact) mass is 490 g/mol. The Morgan fingerprint density at radius 2 is 1.82 bits per heavy atom. The lowest BCUT2D eigenvalue weighted by Gasteiger charge is -2.10. The molecule has 3 aromatic carbocycles. The summed E-state index contributed by atoms with van der Waals surface area (Å²) in [4.78, 5) is 23.4. The topological polar surface area (TPSA) is 108 Å². The zero-order valence-electron chi connectivity index (χ0n) is 17.5. The van der Waals surface area contributed by atoms with Gasteiger partial charge in [-0.15, -0.1) is 0 Å². The number of hydrazone groups is 1. The van der Waals surface area contributed by atoms with E-state index in [0.717, 1.165) is 52.3 Å². The molecule has 0 aliphatic carbocycles. The van der Waals surface area contributed by atoms with Crippen LogP contribution in [0.2, 0.25) is 0 Å². The van der Waals surface area contributed by atoms with E-state index in [0.29, 0.717) is 17.3 Å². The maximum atomic E-state index is 12.8. The number of thioether (sulfide) groups is 1. The van der Waals surface area contributed by atoms with Gasteiger partial charge in [-0.2, -0.15) is 10.1 Å². The number of hydrogen-bond donors (Lipinski definition) is 0. The van der Waals surface area contributed by atoms with Crippen molar-refractivity contribution in [1.29, 1.82) is 0 Å².